The lowest BCUT2D eigenvalue weighted by atomic mass is 10.2. The van der Waals surface area contributed by atoms with Gasteiger partial charge in [0.2, 0.25) is 0 Å². The number of anilines is 1. The highest BCUT2D eigenvalue weighted by Crippen LogP contribution is 2.25. The van der Waals surface area contributed by atoms with Crippen LogP contribution in [0.2, 0.25) is 0 Å². The van der Waals surface area contributed by atoms with Gasteiger partial charge in [-0.3, -0.25) is 0 Å². The zero-order valence-corrected chi connectivity index (χ0v) is 17.2. The number of carbonyl (C=O) groups is 1. The van der Waals surface area contributed by atoms with Gasteiger partial charge in [0.25, 0.3) is 10.0 Å². The molecule has 2 N–H and O–H groups in total. The average Bonchev–Trinajstić information content (AvgIpc) is 3.03. The maximum absolute atomic E-state index is 13.1. The lowest BCUT2D eigenvalue weighted by molar-refractivity contribution is 0.147. The molecule has 10 nitrogen and oxygen atoms in total. The van der Waals surface area contributed by atoms with E-state index in [1.54, 1.807) is 30.3 Å². The summed E-state index contributed by atoms with van der Waals surface area (Å²) in [6.07, 6.45) is 2.53. The molecule has 0 atom stereocenters. The number of nitrogens with one attached hydrogen (secondary N) is 1. The molecule has 0 saturated carbocycles. The quantitative estimate of drug-likeness (QED) is 0.645. The Labute approximate surface area is 173 Å². The fourth-order valence-electron chi connectivity index (χ4n) is 3.41. The first-order valence-corrected chi connectivity index (χ1v) is 10.9. The van der Waals surface area contributed by atoms with Gasteiger partial charge in [0.05, 0.1) is 10.3 Å². The summed E-state index contributed by atoms with van der Waals surface area (Å²) in [4.78, 5) is 21.2. The van der Waals surface area contributed by atoms with E-state index in [4.69, 9.17) is 0 Å². The minimum Gasteiger partial charge on any atom is -0.465 e. The Morgan fingerprint density at radius 3 is 2.57 bits per heavy atom. The maximum atomic E-state index is 13.1. The SMILES string of the molecule is Cc1ccc(S(=O)(=O)n2ccc3c(NN4CCCN(C(=O)O)CC4)ncnc32)cc1. The van der Waals surface area contributed by atoms with E-state index < -0.39 is 16.1 Å². The van der Waals surface area contributed by atoms with E-state index in [1.165, 1.54) is 17.4 Å². The molecule has 1 aliphatic rings. The van der Waals surface area contributed by atoms with Crippen LogP contribution in [-0.2, 0) is 10.0 Å². The summed E-state index contributed by atoms with van der Waals surface area (Å²) >= 11 is 0. The largest absolute Gasteiger partial charge is 0.465 e. The van der Waals surface area contributed by atoms with E-state index in [0.29, 0.717) is 43.8 Å². The van der Waals surface area contributed by atoms with Gasteiger partial charge in [-0.05, 0) is 31.5 Å². The van der Waals surface area contributed by atoms with Gasteiger partial charge >= 0.3 is 6.09 Å². The molecule has 1 aliphatic heterocycles. The number of hydrogen-bond donors (Lipinski definition) is 2. The van der Waals surface area contributed by atoms with Crippen molar-refractivity contribution in [2.24, 2.45) is 0 Å². The van der Waals surface area contributed by atoms with Crippen molar-refractivity contribution in [3.63, 3.8) is 0 Å². The third-order valence-corrected chi connectivity index (χ3v) is 6.74. The molecular formula is C19H22N6O4S. The van der Waals surface area contributed by atoms with Crippen molar-refractivity contribution < 1.29 is 18.3 Å². The third-order valence-electron chi connectivity index (χ3n) is 5.06. The highest BCUT2D eigenvalue weighted by Gasteiger charge is 2.22. The molecule has 158 valence electrons. The van der Waals surface area contributed by atoms with Crippen molar-refractivity contribution in [2.75, 3.05) is 31.6 Å². The van der Waals surface area contributed by atoms with Crippen molar-refractivity contribution in [3.8, 4) is 0 Å². The van der Waals surface area contributed by atoms with Crippen molar-refractivity contribution in [1.29, 1.82) is 0 Å². The topological polar surface area (TPSA) is 121 Å². The van der Waals surface area contributed by atoms with Crippen molar-refractivity contribution >= 4 is 33.0 Å². The summed E-state index contributed by atoms with van der Waals surface area (Å²) in [5.74, 6) is 0.474. The average molecular weight is 430 g/mol. The normalized spacial score (nSPS) is 15.8. The van der Waals surface area contributed by atoms with E-state index >= 15 is 0 Å². The van der Waals surface area contributed by atoms with E-state index in [9.17, 15) is 18.3 Å². The number of benzene rings is 1. The number of hydrogen-bond acceptors (Lipinski definition) is 7. The van der Waals surface area contributed by atoms with Crippen LogP contribution in [-0.4, -0.2) is 69.6 Å². The number of nitrogens with zero attached hydrogens (tertiary/aromatic N) is 5. The highest BCUT2D eigenvalue weighted by atomic mass is 32.2. The monoisotopic (exact) mass is 430 g/mol. The second-order valence-electron chi connectivity index (χ2n) is 7.11. The number of aromatic nitrogens is 3. The number of hydrazine groups is 1. The minimum absolute atomic E-state index is 0.181. The number of carboxylic acid groups (broad SMARTS) is 1. The van der Waals surface area contributed by atoms with Crippen LogP contribution in [0.4, 0.5) is 10.6 Å². The molecule has 0 bridgehead atoms. The molecule has 0 aliphatic carbocycles. The maximum Gasteiger partial charge on any atom is 0.407 e. The molecule has 0 unspecified atom stereocenters. The smallest absolute Gasteiger partial charge is 0.407 e. The third kappa shape index (κ3) is 3.81. The van der Waals surface area contributed by atoms with Crippen LogP contribution in [0.5, 0.6) is 0 Å². The van der Waals surface area contributed by atoms with E-state index in [-0.39, 0.29) is 10.5 Å². The van der Waals surface area contributed by atoms with Crippen molar-refractivity contribution in [3.05, 3.63) is 48.4 Å². The number of amides is 1. The standard InChI is InChI=1S/C19H22N6O4S/c1-14-3-5-15(6-4-14)30(28,29)25-10-7-16-17(20-13-21-18(16)25)22-24-9-2-8-23(11-12-24)19(26)27/h3-7,10,13H,2,8-9,11-12H2,1H3,(H,26,27)(H,20,21,22). The number of aryl methyl sites for hydroxylation is 1. The Balaban J connectivity index is 1.62. The fraction of sp³-hybridized carbons (Fsp3) is 0.316. The van der Waals surface area contributed by atoms with Gasteiger partial charge in [-0.15, -0.1) is 0 Å². The van der Waals surface area contributed by atoms with Crippen LogP contribution in [0, 0.1) is 6.92 Å². The lowest BCUT2D eigenvalue weighted by Gasteiger charge is -2.22. The predicted molar refractivity (Wildman–Crippen MR) is 111 cm³/mol. The molecule has 2 aromatic heterocycles. The van der Waals surface area contributed by atoms with Gasteiger partial charge in [0, 0.05) is 32.4 Å². The second kappa shape index (κ2) is 7.92. The zero-order valence-electron chi connectivity index (χ0n) is 16.4. The molecule has 1 amide bonds. The minimum atomic E-state index is -3.80. The molecule has 11 heteroatoms. The van der Waals surface area contributed by atoms with Gasteiger partial charge in [-0.1, -0.05) is 17.7 Å². The molecule has 3 heterocycles. The Kier molecular flexibility index (Phi) is 5.31. The first-order valence-electron chi connectivity index (χ1n) is 9.50. The lowest BCUT2D eigenvalue weighted by Crippen LogP contribution is -2.36. The number of rotatable bonds is 4. The first kappa shape index (κ1) is 20.1. The molecule has 1 fully saturated rings. The molecule has 30 heavy (non-hydrogen) atoms. The zero-order chi connectivity index (χ0) is 21.3. The van der Waals surface area contributed by atoms with Crippen LogP contribution in [0.3, 0.4) is 0 Å². The van der Waals surface area contributed by atoms with Gasteiger partial charge in [-0.25, -0.2) is 32.2 Å². The van der Waals surface area contributed by atoms with Crippen LogP contribution in [0.25, 0.3) is 11.0 Å². The molecule has 4 rings (SSSR count). The fourth-order valence-corrected chi connectivity index (χ4v) is 4.71. The van der Waals surface area contributed by atoms with E-state index in [2.05, 4.69) is 15.4 Å². The summed E-state index contributed by atoms with van der Waals surface area (Å²) in [6, 6.07) is 8.30. The molecule has 1 aromatic carbocycles. The Hall–Kier alpha value is -3.18. The molecule has 3 aromatic rings. The summed E-state index contributed by atoms with van der Waals surface area (Å²) in [6.45, 7) is 3.86. The predicted octanol–water partition coefficient (Wildman–Crippen LogP) is 1.99. The van der Waals surface area contributed by atoms with Crippen molar-refractivity contribution in [1.82, 2.24) is 23.8 Å². The van der Waals surface area contributed by atoms with Crippen LogP contribution in [0.1, 0.15) is 12.0 Å². The highest BCUT2D eigenvalue weighted by molar-refractivity contribution is 7.90. The van der Waals surface area contributed by atoms with Gasteiger partial charge in [0.15, 0.2) is 11.5 Å². The second-order valence-corrected chi connectivity index (χ2v) is 8.93. The van der Waals surface area contributed by atoms with Gasteiger partial charge in [-0.2, -0.15) is 0 Å². The molecule has 0 spiro atoms. The Morgan fingerprint density at radius 2 is 1.83 bits per heavy atom. The first-order chi connectivity index (χ1) is 14.4. The summed E-state index contributed by atoms with van der Waals surface area (Å²) in [5, 5.41) is 11.6. The number of fused-ring (bicyclic) bond motifs is 1. The molecular weight excluding hydrogens is 408 g/mol. The Bertz CT molecular complexity index is 1180. The van der Waals surface area contributed by atoms with Crippen molar-refractivity contribution in [2.45, 2.75) is 18.2 Å². The molecule has 1 saturated heterocycles. The van der Waals surface area contributed by atoms with Crippen LogP contribution in [0.15, 0.2) is 47.8 Å². The van der Waals surface area contributed by atoms with Gasteiger partial charge < -0.3 is 15.4 Å². The van der Waals surface area contributed by atoms with Gasteiger partial charge in [0.1, 0.15) is 6.33 Å². The van der Waals surface area contributed by atoms with E-state index in [0.717, 1.165) is 9.54 Å². The Morgan fingerprint density at radius 1 is 1.07 bits per heavy atom. The van der Waals surface area contributed by atoms with E-state index in [1.807, 2.05) is 11.9 Å². The van der Waals surface area contributed by atoms with Crippen LogP contribution < -0.4 is 5.43 Å². The summed E-state index contributed by atoms with van der Waals surface area (Å²) in [7, 11) is -3.80. The molecule has 0 radical (unpaired) electrons. The summed E-state index contributed by atoms with van der Waals surface area (Å²) < 4.78 is 27.3. The van der Waals surface area contributed by atoms with Crippen LogP contribution >= 0.6 is 0 Å². The summed E-state index contributed by atoms with van der Waals surface area (Å²) in [5.41, 5.74) is 4.43.